The van der Waals surface area contributed by atoms with Crippen LogP contribution in [0.2, 0.25) is 19.6 Å². The highest BCUT2D eigenvalue weighted by Gasteiger charge is 2.30. The van der Waals surface area contributed by atoms with E-state index in [2.05, 4.69) is 61.8 Å². The second kappa shape index (κ2) is 11.7. The van der Waals surface area contributed by atoms with Gasteiger partial charge in [-0.25, -0.2) is 4.98 Å². The van der Waals surface area contributed by atoms with Gasteiger partial charge in [0.05, 0.1) is 22.5 Å². The molecule has 0 aliphatic heterocycles. The number of nitrogens with one attached hydrogen (secondary N) is 2. The maximum Gasteiger partial charge on any atom is 0.268 e. The first-order valence-corrected chi connectivity index (χ1v) is 17.8. The molecule has 0 spiro atoms. The molecule has 0 aliphatic rings. The highest BCUT2D eigenvalue weighted by molar-refractivity contribution is 6.69. The number of aryl methyl sites for hydroxylation is 2. The Morgan fingerprint density at radius 3 is 2.46 bits per heavy atom. The van der Waals surface area contributed by atoms with E-state index in [9.17, 15) is 9.59 Å². The summed E-state index contributed by atoms with van der Waals surface area (Å²) in [7, 11) is -1.78. The van der Waals surface area contributed by atoms with Crippen LogP contribution in [-0.2, 0) is 23.0 Å². The van der Waals surface area contributed by atoms with Crippen LogP contribution in [0.15, 0.2) is 47.7 Å². The van der Waals surface area contributed by atoms with E-state index >= 15 is 0 Å². The van der Waals surface area contributed by atoms with Crippen LogP contribution in [0.25, 0.3) is 16.6 Å². The summed E-state index contributed by atoms with van der Waals surface area (Å²) < 4.78 is 8.21. The Morgan fingerprint density at radius 2 is 1.85 bits per heavy atom. The van der Waals surface area contributed by atoms with Crippen molar-refractivity contribution in [2.75, 3.05) is 0 Å². The van der Waals surface area contributed by atoms with Crippen LogP contribution in [0.1, 0.15) is 85.7 Å². The zero-order valence-corrected chi connectivity index (χ0v) is 26.8. The van der Waals surface area contributed by atoms with Crippen LogP contribution >= 0.6 is 0 Å². The van der Waals surface area contributed by atoms with Crippen molar-refractivity contribution in [1.82, 2.24) is 24.7 Å². The van der Waals surface area contributed by atoms with E-state index in [0.29, 0.717) is 11.3 Å². The van der Waals surface area contributed by atoms with Crippen LogP contribution in [0.3, 0.4) is 0 Å². The fraction of sp³-hybridized carbons (Fsp3) is 0.438. The monoisotopic (exact) mass is 573 g/mol. The standard InChI is InChI=1S/C32H43N5O3Si/c1-10-11-22-14-21(4)36-30(38)25(22)18-34-31(39)27-16-24(15-26-29(20(2)3)35-19-37(26)27)23-12-13-28(33-17-23)32(5,6)40-41(7,8)9/h12-17,19-20H,10-11,18H2,1-9H3,(H,34,39)(H,36,38). The lowest BCUT2D eigenvalue weighted by Gasteiger charge is -2.32. The van der Waals surface area contributed by atoms with Crippen LogP contribution in [0.4, 0.5) is 0 Å². The number of hydrogen-bond donors (Lipinski definition) is 2. The SMILES string of the molecule is CCCc1cc(C)[nH]c(=O)c1CNC(=O)c1cc(-c2ccc(C(C)(C)O[Si](C)(C)C)nc2)cc2c(C(C)C)ncn12. The number of H-pyrrole nitrogens is 1. The van der Waals surface area contributed by atoms with Crippen LogP contribution in [0, 0.1) is 6.92 Å². The molecule has 0 aromatic carbocycles. The summed E-state index contributed by atoms with van der Waals surface area (Å²) in [6.45, 7) is 18.9. The minimum Gasteiger partial charge on any atom is -0.407 e. The molecular weight excluding hydrogens is 530 g/mol. The summed E-state index contributed by atoms with van der Waals surface area (Å²) >= 11 is 0. The number of carbonyl (C=O) groups is 1. The van der Waals surface area contributed by atoms with Crippen molar-refractivity contribution < 1.29 is 9.22 Å². The van der Waals surface area contributed by atoms with Gasteiger partial charge in [-0.2, -0.15) is 0 Å². The molecule has 4 aromatic rings. The summed E-state index contributed by atoms with van der Waals surface area (Å²) in [6, 6.07) is 9.94. The number of nitrogens with zero attached hydrogens (tertiary/aromatic N) is 3. The molecule has 0 aliphatic carbocycles. The first-order chi connectivity index (χ1) is 19.2. The number of aromatic amines is 1. The van der Waals surface area contributed by atoms with E-state index in [-0.39, 0.29) is 23.9 Å². The molecule has 9 heteroatoms. The Balaban J connectivity index is 1.72. The summed E-state index contributed by atoms with van der Waals surface area (Å²) in [5.41, 5.74) is 6.56. The maximum atomic E-state index is 13.7. The molecule has 4 aromatic heterocycles. The van der Waals surface area contributed by atoms with Crippen LogP contribution in [-0.4, -0.2) is 33.6 Å². The minimum absolute atomic E-state index is 0.143. The van der Waals surface area contributed by atoms with Gasteiger partial charge in [-0.3, -0.25) is 19.0 Å². The molecule has 0 unspecified atom stereocenters. The summed E-state index contributed by atoms with van der Waals surface area (Å²) in [5, 5.41) is 3.00. The molecule has 8 nitrogen and oxygen atoms in total. The smallest absolute Gasteiger partial charge is 0.268 e. The number of amides is 1. The lowest BCUT2D eigenvalue weighted by atomic mass is 10.0. The Hall–Kier alpha value is -3.56. The lowest BCUT2D eigenvalue weighted by molar-refractivity contribution is 0.0941. The van der Waals surface area contributed by atoms with Gasteiger partial charge in [-0.15, -0.1) is 0 Å². The van der Waals surface area contributed by atoms with Gasteiger partial charge >= 0.3 is 0 Å². The quantitative estimate of drug-likeness (QED) is 0.211. The molecule has 2 N–H and O–H groups in total. The average molecular weight is 574 g/mol. The molecular formula is C32H43N5O3Si. The zero-order chi connectivity index (χ0) is 30.1. The number of rotatable bonds is 10. The van der Waals surface area contributed by atoms with Crippen molar-refractivity contribution in [3.8, 4) is 11.1 Å². The number of imidazole rings is 1. The number of carbonyl (C=O) groups excluding carboxylic acids is 1. The first-order valence-electron chi connectivity index (χ1n) is 14.4. The second-order valence-electron chi connectivity index (χ2n) is 12.5. The van der Waals surface area contributed by atoms with Gasteiger partial charge in [-0.1, -0.05) is 33.3 Å². The molecule has 218 valence electrons. The molecule has 0 fully saturated rings. The molecule has 0 radical (unpaired) electrons. The van der Waals surface area contributed by atoms with E-state index in [4.69, 9.17) is 9.41 Å². The third kappa shape index (κ3) is 6.85. The average Bonchev–Trinajstić information content (AvgIpc) is 3.31. The maximum absolute atomic E-state index is 13.7. The molecule has 0 saturated heterocycles. The number of hydrogen-bond acceptors (Lipinski definition) is 5. The predicted molar refractivity (Wildman–Crippen MR) is 167 cm³/mol. The molecule has 1 amide bonds. The fourth-order valence-corrected chi connectivity index (χ4v) is 7.00. The van der Waals surface area contributed by atoms with Gasteiger partial charge in [-0.05, 0) is 88.1 Å². The van der Waals surface area contributed by atoms with Gasteiger partial charge in [0.1, 0.15) is 12.0 Å². The largest absolute Gasteiger partial charge is 0.407 e. The summed E-state index contributed by atoms with van der Waals surface area (Å²) in [5.74, 6) is -0.102. The summed E-state index contributed by atoms with van der Waals surface area (Å²) in [6.07, 6.45) is 5.22. The minimum atomic E-state index is -1.78. The van der Waals surface area contributed by atoms with E-state index in [1.54, 1.807) is 6.33 Å². The number of pyridine rings is 3. The van der Waals surface area contributed by atoms with E-state index in [1.807, 2.05) is 55.6 Å². The molecule has 0 saturated carbocycles. The second-order valence-corrected chi connectivity index (χ2v) is 17.0. The first kappa shape index (κ1) is 30.4. The van der Waals surface area contributed by atoms with Crippen molar-refractivity contribution in [3.05, 3.63) is 87.1 Å². The lowest BCUT2D eigenvalue weighted by Crippen LogP contribution is -2.37. The predicted octanol–water partition coefficient (Wildman–Crippen LogP) is 6.49. The van der Waals surface area contributed by atoms with Crippen molar-refractivity contribution in [1.29, 1.82) is 0 Å². The number of fused-ring (bicyclic) bond motifs is 1. The number of aromatic nitrogens is 4. The van der Waals surface area contributed by atoms with Crippen molar-refractivity contribution in [2.24, 2.45) is 0 Å². The molecule has 0 bridgehead atoms. The Labute approximate surface area is 243 Å². The fourth-order valence-electron chi connectivity index (χ4n) is 5.37. The molecule has 41 heavy (non-hydrogen) atoms. The van der Waals surface area contributed by atoms with E-state index in [0.717, 1.165) is 52.1 Å². The van der Waals surface area contributed by atoms with Gasteiger partial charge < -0.3 is 14.7 Å². The van der Waals surface area contributed by atoms with Crippen LogP contribution < -0.4 is 10.9 Å². The van der Waals surface area contributed by atoms with Crippen LogP contribution in [0.5, 0.6) is 0 Å². The topological polar surface area (TPSA) is 101 Å². The van der Waals surface area contributed by atoms with Gasteiger partial charge in [0.2, 0.25) is 0 Å². The Kier molecular flexibility index (Phi) is 8.70. The van der Waals surface area contributed by atoms with E-state index < -0.39 is 13.9 Å². The van der Waals surface area contributed by atoms with Crippen molar-refractivity contribution in [2.45, 2.75) is 92.1 Å². The van der Waals surface area contributed by atoms with Crippen molar-refractivity contribution in [3.63, 3.8) is 0 Å². The highest BCUT2D eigenvalue weighted by Crippen LogP contribution is 2.31. The van der Waals surface area contributed by atoms with Gasteiger partial charge in [0, 0.05) is 29.6 Å². The molecule has 4 rings (SSSR count). The zero-order valence-electron chi connectivity index (χ0n) is 25.8. The summed E-state index contributed by atoms with van der Waals surface area (Å²) in [4.78, 5) is 38.7. The normalized spacial score (nSPS) is 12.3. The van der Waals surface area contributed by atoms with E-state index in [1.165, 1.54) is 0 Å². The Bertz CT molecular complexity index is 1610. The third-order valence-electron chi connectivity index (χ3n) is 7.04. The van der Waals surface area contributed by atoms with Gasteiger partial charge in [0.15, 0.2) is 8.32 Å². The molecule has 4 heterocycles. The highest BCUT2D eigenvalue weighted by atomic mass is 28.4. The van der Waals surface area contributed by atoms with Crippen molar-refractivity contribution >= 4 is 19.7 Å². The third-order valence-corrected chi connectivity index (χ3v) is 8.16. The van der Waals surface area contributed by atoms with Gasteiger partial charge in [0.25, 0.3) is 11.5 Å². The molecule has 0 atom stereocenters. The Morgan fingerprint density at radius 1 is 1.12 bits per heavy atom.